The zero-order valence-corrected chi connectivity index (χ0v) is 11.1. The third kappa shape index (κ3) is 3.48. The Morgan fingerprint density at radius 1 is 1.56 bits per heavy atom. The lowest BCUT2D eigenvalue weighted by molar-refractivity contribution is -0.144. The number of allylic oxidation sites excluding steroid dienone is 1. The van der Waals surface area contributed by atoms with Gasteiger partial charge < -0.3 is 15.3 Å². The first-order valence-corrected chi connectivity index (χ1v) is 6.29. The second-order valence-electron chi connectivity index (χ2n) is 5.06. The monoisotopic (exact) mass is 254 g/mol. The number of aliphatic carboxylic acids is 1. The fourth-order valence-electron chi connectivity index (χ4n) is 1.88. The van der Waals surface area contributed by atoms with Crippen LogP contribution in [0.15, 0.2) is 12.7 Å². The lowest BCUT2D eigenvalue weighted by atomic mass is 9.96. The predicted octanol–water partition coefficient (Wildman–Crippen LogP) is 1.85. The molecule has 1 fully saturated rings. The number of carboxylic acids is 1. The number of nitrogens with one attached hydrogen (secondary N) is 1. The van der Waals surface area contributed by atoms with Crippen LogP contribution in [0.5, 0.6) is 0 Å². The largest absolute Gasteiger partial charge is 0.480 e. The van der Waals surface area contributed by atoms with E-state index in [-0.39, 0.29) is 11.9 Å². The molecule has 0 aromatic heterocycles. The number of carboxylic acid groups (broad SMARTS) is 1. The van der Waals surface area contributed by atoms with Crippen molar-refractivity contribution in [1.29, 1.82) is 0 Å². The minimum atomic E-state index is -1.14. The summed E-state index contributed by atoms with van der Waals surface area (Å²) in [6.07, 6.45) is 5.21. The Labute approximate surface area is 108 Å². The van der Waals surface area contributed by atoms with Crippen molar-refractivity contribution in [3.63, 3.8) is 0 Å². The molecule has 1 aliphatic carbocycles. The molecule has 0 aliphatic heterocycles. The van der Waals surface area contributed by atoms with Gasteiger partial charge in [-0.05, 0) is 38.5 Å². The molecule has 0 saturated heterocycles. The average molecular weight is 254 g/mol. The first-order chi connectivity index (χ1) is 8.41. The number of carbonyl (C=O) groups excluding carboxylic acids is 1. The van der Waals surface area contributed by atoms with Crippen LogP contribution in [0.2, 0.25) is 0 Å². The third-order valence-corrected chi connectivity index (χ3v) is 3.45. The van der Waals surface area contributed by atoms with Crippen LogP contribution in [0, 0.1) is 5.92 Å². The predicted molar refractivity (Wildman–Crippen MR) is 69.4 cm³/mol. The van der Waals surface area contributed by atoms with E-state index < -0.39 is 11.5 Å². The molecule has 2 N–H and O–H groups in total. The maximum Gasteiger partial charge on any atom is 0.329 e. The smallest absolute Gasteiger partial charge is 0.329 e. The topological polar surface area (TPSA) is 69.6 Å². The normalized spacial score (nSPS) is 17.7. The molecule has 2 amide bonds. The standard InChI is InChI=1S/C13H22N2O3/c1-4-5-6-9-15(3)12(18)14-13(2,11(16)17)10-7-8-10/h4,10H,1,5-9H2,2-3H3,(H,14,18)(H,16,17). The Kier molecular flexibility index (Phi) is 4.76. The molecule has 1 aliphatic rings. The van der Waals surface area contributed by atoms with Gasteiger partial charge in [-0.1, -0.05) is 6.08 Å². The van der Waals surface area contributed by atoms with Crippen LogP contribution >= 0.6 is 0 Å². The van der Waals surface area contributed by atoms with E-state index in [1.54, 1.807) is 20.0 Å². The molecule has 0 aromatic rings. The fraction of sp³-hybridized carbons (Fsp3) is 0.692. The molecule has 0 aromatic carbocycles. The number of rotatable bonds is 7. The molecule has 102 valence electrons. The summed E-state index contributed by atoms with van der Waals surface area (Å²) in [5, 5.41) is 11.9. The van der Waals surface area contributed by atoms with Crippen LogP contribution in [-0.2, 0) is 4.79 Å². The van der Waals surface area contributed by atoms with Gasteiger partial charge in [0.25, 0.3) is 0 Å². The molecule has 0 heterocycles. The van der Waals surface area contributed by atoms with E-state index in [9.17, 15) is 14.7 Å². The van der Waals surface area contributed by atoms with Crippen molar-refractivity contribution in [1.82, 2.24) is 10.2 Å². The van der Waals surface area contributed by atoms with E-state index >= 15 is 0 Å². The number of nitrogens with zero attached hydrogens (tertiary/aromatic N) is 1. The molecular formula is C13H22N2O3. The highest BCUT2D eigenvalue weighted by molar-refractivity contribution is 5.86. The second-order valence-corrected chi connectivity index (χ2v) is 5.06. The van der Waals surface area contributed by atoms with E-state index in [2.05, 4.69) is 11.9 Å². The van der Waals surface area contributed by atoms with Crippen LogP contribution in [-0.4, -0.2) is 41.1 Å². The molecule has 18 heavy (non-hydrogen) atoms. The molecule has 0 radical (unpaired) electrons. The van der Waals surface area contributed by atoms with Gasteiger partial charge in [0.1, 0.15) is 5.54 Å². The molecule has 5 heteroatoms. The van der Waals surface area contributed by atoms with Crippen LogP contribution in [0.25, 0.3) is 0 Å². The molecule has 0 spiro atoms. The van der Waals surface area contributed by atoms with Crippen LogP contribution in [0.1, 0.15) is 32.6 Å². The zero-order valence-electron chi connectivity index (χ0n) is 11.1. The lowest BCUT2D eigenvalue weighted by Crippen LogP contribution is -2.57. The van der Waals surface area contributed by atoms with Crippen molar-refractivity contribution in [2.24, 2.45) is 5.92 Å². The summed E-state index contributed by atoms with van der Waals surface area (Å²) in [6.45, 7) is 5.80. The van der Waals surface area contributed by atoms with E-state index in [4.69, 9.17) is 0 Å². The minimum absolute atomic E-state index is 0.0560. The maximum atomic E-state index is 11.9. The maximum absolute atomic E-state index is 11.9. The molecule has 1 rings (SSSR count). The summed E-state index contributed by atoms with van der Waals surface area (Å²) in [6, 6.07) is -0.323. The quantitative estimate of drug-likeness (QED) is 0.538. The van der Waals surface area contributed by atoms with Crippen LogP contribution in [0.3, 0.4) is 0 Å². The third-order valence-electron chi connectivity index (χ3n) is 3.45. The van der Waals surface area contributed by atoms with Crippen molar-refractivity contribution >= 4 is 12.0 Å². The first kappa shape index (κ1) is 14.5. The molecule has 0 bridgehead atoms. The number of carbonyl (C=O) groups is 2. The number of hydrogen-bond acceptors (Lipinski definition) is 2. The van der Waals surface area contributed by atoms with Crippen LogP contribution < -0.4 is 5.32 Å². The number of urea groups is 1. The summed E-state index contributed by atoms with van der Waals surface area (Å²) in [5.74, 6) is -0.904. The Balaban J connectivity index is 2.51. The summed E-state index contributed by atoms with van der Waals surface area (Å²) >= 11 is 0. The van der Waals surface area contributed by atoms with Gasteiger partial charge in [-0.15, -0.1) is 6.58 Å². The highest BCUT2D eigenvalue weighted by Crippen LogP contribution is 2.39. The average Bonchev–Trinajstić information content (AvgIpc) is 3.12. The summed E-state index contributed by atoms with van der Waals surface area (Å²) in [4.78, 5) is 24.7. The lowest BCUT2D eigenvalue weighted by Gasteiger charge is -2.29. The zero-order chi connectivity index (χ0) is 13.8. The van der Waals surface area contributed by atoms with Crippen LogP contribution in [0.4, 0.5) is 4.79 Å². The van der Waals surface area contributed by atoms with Gasteiger partial charge in [-0.3, -0.25) is 0 Å². The Hall–Kier alpha value is -1.52. The van der Waals surface area contributed by atoms with E-state index in [1.165, 1.54) is 4.90 Å². The van der Waals surface area contributed by atoms with Gasteiger partial charge in [0.05, 0.1) is 0 Å². The summed E-state index contributed by atoms with van der Waals surface area (Å²) < 4.78 is 0. The van der Waals surface area contributed by atoms with Gasteiger partial charge in [0, 0.05) is 13.6 Å². The Morgan fingerprint density at radius 3 is 2.61 bits per heavy atom. The van der Waals surface area contributed by atoms with Gasteiger partial charge in [0.15, 0.2) is 0 Å². The van der Waals surface area contributed by atoms with Crippen molar-refractivity contribution in [3.8, 4) is 0 Å². The van der Waals surface area contributed by atoms with Crippen molar-refractivity contribution in [2.75, 3.05) is 13.6 Å². The van der Waals surface area contributed by atoms with Crippen molar-refractivity contribution < 1.29 is 14.7 Å². The highest BCUT2D eigenvalue weighted by Gasteiger charge is 2.48. The van der Waals surface area contributed by atoms with E-state index in [0.29, 0.717) is 6.54 Å². The van der Waals surface area contributed by atoms with E-state index in [1.807, 2.05) is 0 Å². The van der Waals surface area contributed by atoms with Gasteiger partial charge in [-0.25, -0.2) is 9.59 Å². The van der Waals surface area contributed by atoms with Gasteiger partial charge in [-0.2, -0.15) is 0 Å². The van der Waals surface area contributed by atoms with Crippen molar-refractivity contribution in [2.45, 2.75) is 38.1 Å². The molecule has 1 saturated carbocycles. The number of amides is 2. The molecular weight excluding hydrogens is 232 g/mol. The number of unbranched alkanes of at least 4 members (excludes halogenated alkanes) is 1. The molecule has 5 nitrogen and oxygen atoms in total. The fourth-order valence-corrected chi connectivity index (χ4v) is 1.88. The first-order valence-electron chi connectivity index (χ1n) is 6.29. The van der Waals surface area contributed by atoms with Crippen molar-refractivity contribution in [3.05, 3.63) is 12.7 Å². The summed E-state index contributed by atoms with van der Waals surface area (Å²) in [7, 11) is 1.67. The number of hydrogen-bond donors (Lipinski definition) is 2. The second kappa shape index (κ2) is 5.89. The minimum Gasteiger partial charge on any atom is -0.480 e. The highest BCUT2D eigenvalue weighted by atomic mass is 16.4. The molecule has 1 unspecified atom stereocenters. The Bertz CT molecular complexity index is 339. The molecule has 1 atom stereocenters. The van der Waals surface area contributed by atoms with E-state index in [0.717, 1.165) is 25.7 Å². The Morgan fingerprint density at radius 2 is 2.17 bits per heavy atom. The van der Waals surface area contributed by atoms with Gasteiger partial charge in [0.2, 0.25) is 0 Å². The van der Waals surface area contributed by atoms with Gasteiger partial charge >= 0.3 is 12.0 Å². The SMILES string of the molecule is C=CCCCN(C)C(=O)NC(C)(C(=O)O)C1CC1. The summed E-state index contributed by atoms with van der Waals surface area (Å²) in [5.41, 5.74) is -1.14.